The molecular weight excluding hydrogens is 320 g/mol. The van der Waals surface area contributed by atoms with Crippen molar-refractivity contribution in [1.29, 1.82) is 0 Å². The molecule has 1 unspecified atom stereocenters. The van der Waals surface area contributed by atoms with Gasteiger partial charge in [0.1, 0.15) is 5.75 Å². The highest BCUT2D eigenvalue weighted by Gasteiger charge is 2.15. The number of carbonyl (C=O) groups excluding carboxylic acids is 1. The minimum absolute atomic E-state index is 0.101. The lowest BCUT2D eigenvalue weighted by Gasteiger charge is -2.16. The van der Waals surface area contributed by atoms with Gasteiger partial charge in [-0.2, -0.15) is 0 Å². The van der Waals surface area contributed by atoms with E-state index in [2.05, 4.69) is 33.5 Å². The fraction of sp³-hybridized carbons (Fsp3) is 0.533. The number of amides is 1. The Hall–Kier alpha value is -1.07. The Morgan fingerprint density at radius 1 is 1.35 bits per heavy atom. The SMILES string of the molecule is CCCNCCNC(=O)C(C)Oc1ccc(C)cc1Br. The average Bonchev–Trinajstić information content (AvgIpc) is 2.41. The van der Waals surface area contributed by atoms with Crippen LogP contribution >= 0.6 is 15.9 Å². The first kappa shape index (κ1) is 17.0. The first-order chi connectivity index (χ1) is 9.54. The molecule has 1 amide bonds. The molecule has 0 aliphatic heterocycles. The van der Waals surface area contributed by atoms with Gasteiger partial charge in [0, 0.05) is 13.1 Å². The van der Waals surface area contributed by atoms with Gasteiger partial charge in [0.15, 0.2) is 6.10 Å². The van der Waals surface area contributed by atoms with Crippen molar-refractivity contribution in [1.82, 2.24) is 10.6 Å². The van der Waals surface area contributed by atoms with Crippen molar-refractivity contribution in [2.45, 2.75) is 33.3 Å². The summed E-state index contributed by atoms with van der Waals surface area (Å²) in [6.45, 7) is 8.23. The lowest BCUT2D eigenvalue weighted by molar-refractivity contribution is -0.127. The molecule has 4 nitrogen and oxygen atoms in total. The molecule has 20 heavy (non-hydrogen) atoms. The van der Waals surface area contributed by atoms with Crippen LogP contribution in [0, 0.1) is 6.92 Å². The Bertz CT molecular complexity index is 438. The Kier molecular flexibility index (Phi) is 7.62. The van der Waals surface area contributed by atoms with Gasteiger partial charge in [-0.25, -0.2) is 0 Å². The molecular formula is C15H23BrN2O2. The lowest BCUT2D eigenvalue weighted by Crippen LogP contribution is -2.39. The lowest BCUT2D eigenvalue weighted by atomic mass is 10.2. The summed E-state index contributed by atoms with van der Waals surface area (Å²) in [6, 6.07) is 5.79. The second-order valence-corrected chi connectivity index (χ2v) is 5.59. The summed E-state index contributed by atoms with van der Waals surface area (Å²) < 4.78 is 6.52. The summed E-state index contributed by atoms with van der Waals surface area (Å²) in [6.07, 6.45) is 0.578. The molecule has 1 aromatic carbocycles. The molecule has 0 radical (unpaired) electrons. The summed E-state index contributed by atoms with van der Waals surface area (Å²) in [7, 11) is 0. The Balaban J connectivity index is 2.37. The number of benzene rings is 1. The van der Waals surface area contributed by atoms with Gasteiger partial charge < -0.3 is 15.4 Å². The molecule has 112 valence electrons. The van der Waals surface area contributed by atoms with Crippen LogP contribution in [0.4, 0.5) is 0 Å². The monoisotopic (exact) mass is 342 g/mol. The van der Waals surface area contributed by atoms with E-state index in [9.17, 15) is 4.79 Å². The fourth-order valence-electron chi connectivity index (χ4n) is 1.67. The summed E-state index contributed by atoms with van der Waals surface area (Å²) in [5, 5.41) is 6.08. The van der Waals surface area contributed by atoms with Crippen molar-refractivity contribution in [3.05, 3.63) is 28.2 Å². The summed E-state index contributed by atoms with van der Waals surface area (Å²) >= 11 is 3.44. The number of hydrogen-bond donors (Lipinski definition) is 2. The summed E-state index contributed by atoms with van der Waals surface area (Å²) in [5.74, 6) is 0.582. The predicted molar refractivity (Wildman–Crippen MR) is 85.1 cm³/mol. The van der Waals surface area contributed by atoms with Crippen LogP contribution in [0.1, 0.15) is 25.8 Å². The normalized spacial score (nSPS) is 12.0. The van der Waals surface area contributed by atoms with Crippen molar-refractivity contribution in [3.8, 4) is 5.75 Å². The van der Waals surface area contributed by atoms with Crippen LogP contribution < -0.4 is 15.4 Å². The average molecular weight is 343 g/mol. The van der Waals surface area contributed by atoms with Crippen LogP contribution in [0.3, 0.4) is 0 Å². The van der Waals surface area contributed by atoms with Crippen molar-refractivity contribution in [3.63, 3.8) is 0 Å². The molecule has 0 aliphatic rings. The zero-order chi connectivity index (χ0) is 15.0. The quantitative estimate of drug-likeness (QED) is 0.714. The molecule has 1 rings (SSSR count). The van der Waals surface area contributed by atoms with Crippen molar-refractivity contribution in [2.24, 2.45) is 0 Å². The van der Waals surface area contributed by atoms with Gasteiger partial charge in [-0.05, 0) is 60.4 Å². The molecule has 0 fully saturated rings. The van der Waals surface area contributed by atoms with Crippen molar-refractivity contribution >= 4 is 21.8 Å². The topological polar surface area (TPSA) is 50.4 Å². The molecule has 1 atom stereocenters. The minimum atomic E-state index is -0.514. The molecule has 0 heterocycles. The van der Waals surface area contributed by atoms with Gasteiger partial charge in [0.2, 0.25) is 0 Å². The van der Waals surface area contributed by atoms with E-state index >= 15 is 0 Å². The maximum atomic E-state index is 11.9. The summed E-state index contributed by atoms with van der Waals surface area (Å²) in [5.41, 5.74) is 1.14. The van der Waals surface area contributed by atoms with Gasteiger partial charge in [-0.3, -0.25) is 4.79 Å². The Morgan fingerprint density at radius 2 is 2.10 bits per heavy atom. The largest absolute Gasteiger partial charge is 0.480 e. The standard InChI is InChI=1S/C15H23BrN2O2/c1-4-7-17-8-9-18-15(19)12(3)20-14-6-5-11(2)10-13(14)16/h5-6,10,12,17H,4,7-9H2,1-3H3,(H,18,19). The third kappa shape index (κ3) is 5.92. The molecule has 0 saturated heterocycles. The highest BCUT2D eigenvalue weighted by atomic mass is 79.9. The smallest absolute Gasteiger partial charge is 0.260 e. The van der Waals surface area contributed by atoms with E-state index in [0.29, 0.717) is 12.3 Å². The Morgan fingerprint density at radius 3 is 2.75 bits per heavy atom. The zero-order valence-corrected chi connectivity index (χ0v) is 13.9. The number of hydrogen-bond acceptors (Lipinski definition) is 3. The first-order valence-electron chi connectivity index (χ1n) is 6.95. The number of carbonyl (C=O) groups is 1. The van der Waals surface area contributed by atoms with E-state index in [4.69, 9.17) is 4.74 Å². The van der Waals surface area contributed by atoms with Crippen LogP contribution in [0.5, 0.6) is 5.75 Å². The number of aryl methyl sites for hydroxylation is 1. The van der Waals surface area contributed by atoms with Gasteiger partial charge in [-0.1, -0.05) is 13.0 Å². The second-order valence-electron chi connectivity index (χ2n) is 4.73. The maximum absolute atomic E-state index is 11.9. The van der Waals surface area contributed by atoms with Crippen molar-refractivity contribution < 1.29 is 9.53 Å². The molecule has 2 N–H and O–H groups in total. The molecule has 0 aliphatic carbocycles. The first-order valence-corrected chi connectivity index (χ1v) is 7.75. The third-order valence-electron chi connectivity index (χ3n) is 2.79. The van der Waals surface area contributed by atoms with Crippen LogP contribution in [-0.2, 0) is 4.79 Å². The second kappa shape index (κ2) is 8.97. The van der Waals surface area contributed by atoms with Gasteiger partial charge >= 0.3 is 0 Å². The molecule has 0 spiro atoms. The van der Waals surface area contributed by atoms with Crippen LogP contribution in [0.25, 0.3) is 0 Å². The van der Waals surface area contributed by atoms with Gasteiger partial charge in [0.05, 0.1) is 4.47 Å². The zero-order valence-electron chi connectivity index (χ0n) is 12.3. The third-order valence-corrected chi connectivity index (χ3v) is 3.41. The number of ether oxygens (including phenoxy) is 1. The van der Waals surface area contributed by atoms with E-state index in [-0.39, 0.29) is 5.91 Å². The highest BCUT2D eigenvalue weighted by molar-refractivity contribution is 9.10. The van der Waals surface area contributed by atoms with Gasteiger partial charge in [-0.15, -0.1) is 0 Å². The minimum Gasteiger partial charge on any atom is -0.480 e. The highest BCUT2D eigenvalue weighted by Crippen LogP contribution is 2.26. The van der Waals surface area contributed by atoms with Crippen molar-refractivity contribution in [2.75, 3.05) is 19.6 Å². The Labute approximate surface area is 129 Å². The molecule has 1 aromatic rings. The number of rotatable bonds is 8. The number of halogens is 1. The predicted octanol–water partition coefficient (Wildman–Crippen LogP) is 2.64. The van der Waals surface area contributed by atoms with E-state index in [1.165, 1.54) is 0 Å². The maximum Gasteiger partial charge on any atom is 0.260 e. The molecule has 0 bridgehead atoms. The fourth-order valence-corrected chi connectivity index (χ4v) is 2.25. The van der Waals surface area contributed by atoms with E-state index in [1.54, 1.807) is 6.92 Å². The molecule has 0 saturated carbocycles. The molecule has 0 aromatic heterocycles. The van der Waals surface area contributed by atoms with Gasteiger partial charge in [0.25, 0.3) is 5.91 Å². The van der Waals surface area contributed by atoms with Crippen LogP contribution in [-0.4, -0.2) is 31.6 Å². The summed E-state index contributed by atoms with van der Waals surface area (Å²) in [4.78, 5) is 11.9. The van der Waals surface area contributed by atoms with E-state index in [1.807, 2.05) is 25.1 Å². The molecule has 5 heteroatoms. The number of nitrogens with one attached hydrogen (secondary N) is 2. The van der Waals surface area contributed by atoms with Crippen LogP contribution in [0.15, 0.2) is 22.7 Å². The van der Waals surface area contributed by atoms with E-state index < -0.39 is 6.10 Å². The van der Waals surface area contributed by atoms with E-state index in [0.717, 1.165) is 29.5 Å². The van der Waals surface area contributed by atoms with Crippen LogP contribution in [0.2, 0.25) is 0 Å².